The van der Waals surface area contributed by atoms with Crippen molar-refractivity contribution in [3.63, 3.8) is 0 Å². The van der Waals surface area contributed by atoms with Crippen LogP contribution in [0, 0.1) is 0 Å². The van der Waals surface area contributed by atoms with Crippen LogP contribution in [0.25, 0.3) is 11.0 Å². The maximum Gasteiger partial charge on any atom is 0.291 e. The van der Waals surface area contributed by atoms with Gasteiger partial charge in [0, 0.05) is 15.9 Å². The van der Waals surface area contributed by atoms with E-state index in [-0.39, 0.29) is 17.1 Å². The van der Waals surface area contributed by atoms with Gasteiger partial charge in [-0.15, -0.1) is 11.8 Å². The van der Waals surface area contributed by atoms with E-state index in [9.17, 15) is 9.59 Å². The van der Waals surface area contributed by atoms with Crippen molar-refractivity contribution in [1.29, 1.82) is 0 Å². The molecule has 0 fully saturated rings. The molecule has 1 atom stereocenters. The predicted molar refractivity (Wildman–Crippen MR) is 127 cm³/mol. The lowest BCUT2D eigenvalue weighted by Crippen LogP contribution is -2.29. The van der Waals surface area contributed by atoms with E-state index >= 15 is 0 Å². The van der Waals surface area contributed by atoms with E-state index in [1.54, 1.807) is 34.9 Å². The Morgan fingerprint density at radius 2 is 1.74 bits per heavy atom. The van der Waals surface area contributed by atoms with Gasteiger partial charge in [0.05, 0.1) is 17.0 Å². The van der Waals surface area contributed by atoms with Crippen LogP contribution in [0.2, 0.25) is 0 Å². The molecule has 0 spiro atoms. The van der Waals surface area contributed by atoms with E-state index in [0.717, 1.165) is 20.5 Å². The van der Waals surface area contributed by atoms with Gasteiger partial charge in [-0.3, -0.25) is 9.59 Å². The zero-order chi connectivity index (χ0) is 21.5. The highest BCUT2D eigenvalue weighted by molar-refractivity contribution is 9.10. The molecule has 1 amide bonds. The largest absolute Gasteiger partial charge is 0.450 e. The summed E-state index contributed by atoms with van der Waals surface area (Å²) in [4.78, 5) is 29.9. The van der Waals surface area contributed by atoms with Gasteiger partial charge in [0.15, 0.2) is 5.43 Å². The van der Waals surface area contributed by atoms with Crippen molar-refractivity contribution in [3.05, 3.63) is 110 Å². The first kappa shape index (κ1) is 20.1. The Labute approximate surface area is 192 Å². The third kappa shape index (κ3) is 3.50. The first-order chi connectivity index (χ1) is 15.1. The fourth-order valence-electron chi connectivity index (χ4n) is 4.07. The highest BCUT2D eigenvalue weighted by atomic mass is 79.9. The molecule has 2 heterocycles. The summed E-state index contributed by atoms with van der Waals surface area (Å²) in [7, 11) is 0. The number of carbonyl (C=O) groups excluding carboxylic acids is 1. The minimum absolute atomic E-state index is 0.134. The van der Waals surface area contributed by atoms with Crippen LogP contribution in [0.4, 0.5) is 0 Å². The van der Waals surface area contributed by atoms with Crippen LogP contribution < -0.4 is 5.43 Å². The van der Waals surface area contributed by atoms with Crippen LogP contribution in [-0.2, 0) is 6.54 Å². The molecule has 0 N–H and O–H groups in total. The highest BCUT2D eigenvalue weighted by Gasteiger charge is 2.42. The summed E-state index contributed by atoms with van der Waals surface area (Å²) in [5.74, 6) is -0.130. The number of benzene rings is 3. The van der Waals surface area contributed by atoms with Gasteiger partial charge >= 0.3 is 0 Å². The number of nitrogens with zero attached hydrogens (tertiary/aromatic N) is 1. The second kappa shape index (κ2) is 8.02. The quantitative estimate of drug-likeness (QED) is 0.327. The average Bonchev–Trinajstić information content (AvgIpc) is 3.07. The van der Waals surface area contributed by atoms with Crippen molar-refractivity contribution >= 4 is 44.6 Å². The summed E-state index contributed by atoms with van der Waals surface area (Å²) in [6, 6.07) is 22.6. The Bertz CT molecular complexity index is 1350. The Hall–Kier alpha value is -2.83. The second-order valence-electron chi connectivity index (χ2n) is 7.41. The van der Waals surface area contributed by atoms with Crippen LogP contribution in [0.5, 0.6) is 0 Å². The predicted octanol–water partition coefficient (Wildman–Crippen LogP) is 6.02. The summed E-state index contributed by atoms with van der Waals surface area (Å²) >= 11 is 5.08. The van der Waals surface area contributed by atoms with Gasteiger partial charge in [-0.05, 0) is 47.7 Å². The van der Waals surface area contributed by atoms with Gasteiger partial charge in [0.2, 0.25) is 5.76 Å². The van der Waals surface area contributed by atoms with Crippen molar-refractivity contribution in [1.82, 2.24) is 4.90 Å². The summed E-state index contributed by atoms with van der Waals surface area (Å²) < 4.78 is 6.79. The van der Waals surface area contributed by atoms with Gasteiger partial charge in [0.1, 0.15) is 5.58 Å². The molecule has 6 heteroatoms. The molecule has 5 rings (SSSR count). The lowest BCUT2D eigenvalue weighted by atomic mass is 9.98. The Morgan fingerprint density at radius 3 is 2.45 bits per heavy atom. The van der Waals surface area contributed by atoms with Crippen molar-refractivity contribution in [2.24, 2.45) is 0 Å². The molecule has 31 heavy (non-hydrogen) atoms. The summed E-state index contributed by atoms with van der Waals surface area (Å²) in [5.41, 5.74) is 2.54. The summed E-state index contributed by atoms with van der Waals surface area (Å²) in [5, 5.41) is 0.466. The zero-order valence-corrected chi connectivity index (χ0v) is 19.1. The topological polar surface area (TPSA) is 50.5 Å². The molecule has 154 valence electrons. The molecule has 1 aliphatic rings. The fraction of sp³-hybridized carbons (Fsp3) is 0.120. The average molecular weight is 492 g/mol. The molecule has 3 aromatic carbocycles. The molecule has 0 bridgehead atoms. The number of amides is 1. The van der Waals surface area contributed by atoms with Gasteiger partial charge in [-0.1, -0.05) is 58.4 Å². The molecule has 0 aliphatic carbocycles. The van der Waals surface area contributed by atoms with Gasteiger partial charge < -0.3 is 9.32 Å². The van der Waals surface area contributed by atoms with Crippen molar-refractivity contribution in [2.75, 3.05) is 6.26 Å². The molecule has 4 aromatic rings. The second-order valence-corrected chi connectivity index (χ2v) is 9.20. The summed E-state index contributed by atoms with van der Waals surface area (Å²) in [6.45, 7) is 0.387. The van der Waals surface area contributed by atoms with Crippen LogP contribution in [0.1, 0.15) is 33.3 Å². The Kier molecular flexibility index (Phi) is 5.20. The van der Waals surface area contributed by atoms with E-state index in [1.165, 1.54) is 0 Å². The third-order valence-corrected chi connectivity index (χ3v) is 6.79. The van der Waals surface area contributed by atoms with Crippen LogP contribution in [0.3, 0.4) is 0 Å². The minimum atomic E-state index is -0.502. The maximum atomic E-state index is 13.6. The minimum Gasteiger partial charge on any atom is -0.450 e. The molecule has 0 saturated carbocycles. The maximum absolute atomic E-state index is 13.6. The number of hydrogen-bond donors (Lipinski definition) is 0. The number of hydrogen-bond acceptors (Lipinski definition) is 4. The molecule has 0 unspecified atom stereocenters. The standard InChI is InChI=1S/C25H18BrNO3S/c1-31-18-10-7-16(8-11-18)22-21-23(28)19-13-17(26)9-12-20(19)30-24(21)25(29)27(22)14-15-5-3-2-4-6-15/h2-13,22H,14H2,1H3/t22-/m0/s1. The van der Waals surface area contributed by atoms with E-state index < -0.39 is 6.04 Å². The van der Waals surface area contributed by atoms with Crippen LogP contribution in [-0.4, -0.2) is 17.1 Å². The molecule has 0 saturated heterocycles. The first-order valence-corrected chi connectivity index (χ1v) is 11.8. The number of rotatable bonds is 4. The molecular formula is C25H18BrNO3S. The van der Waals surface area contributed by atoms with Crippen LogP contribution >= 0.6 is 27.7 Å². The normalized spacial score (nSPS) is 15.5. The van der Waals surface area contributed by atoms with E-state index in [0.29, 0.717) is 23.1 Å². The molecule has 1 aliphatic heterocycles. The number of fused-ring (bicyclic) bond motifs is 2. The zero-order valence-electron chi connectivity index (χ0n) is 16.7. The lowest BCUT2D eigenvalue weighted by Gasteiger charge is -2.25. The monoisotopic (exact) mass is 491 g/mol. The fourth-order valence-corrected chi connectivity index (χ4v) is 4.84. The van der Waals surface area contributed by atoms with Gasteiger partial charge in [0.25, 0.3) is 5.91 Å². The van der Waals surface area contributed by atoms with Crippen molar-refractivity contribution in [3.8, 4) is 0 Å². The number of thioether (sulfide) groups is 1. The van der Waals surface area contributed by atoms with Crippen molar-refractivity contribution < 1.29 is 9.21 Å². The smallest absolute Gasteiger partial charge is 0.291 e. The molecule has 1 aromatic heterocycles. The molecule has 0 radical (unpaired) electrons. The van der Waals surface area contributed by atoms with E-state index in [2.05, 4.69) is 15.9 Å². The molecular weight excluding hydrogens is 474 g/mol. The van der Waals surface area contributed by atoms with E-state index in [4.69, 9.17) is 4.42 Å². The number of carbonyl (C=O) groups is 1. The van der Waals surface area contributed by atoms with Gasteiger partial charge in [-0.25, -0.2) is 0 Å². The SMILES string of the molecule is CSc1ccc([C@H]2c3c(oc4ccc(Br)cc4c3=O)C(=O)N2Cc2ccccc2)cc1. The van der Waals surface area contributed by atoms with Crippen LogP contribution in [0.15, 0.2) is 91.4 Å². The molecule has 4 nitrogen and oxygen atoms in total. The lowest BCUT2D eigenvalue weighted by molar-refractivity contribution is 0.0714. The van der Waals surface area contributed by atoms with Gasteiger partial charge in [-0.2, -0.15) is 0 Å². The Morgan fingerprint density at radius 1 is 1.00 bits per heavy atom. The highest BCUT2D eigenvalue weighted by Crippen LogP contribution is 2.39. The number of halogens is 1. The first-order valence-electron chi connectivity index (χ1n) is 9.82. The summed E-state index contributed by atoms with van der Waals surface area (Å²) in [6.07, 6.45) is 2.02. The van der Waals surface area contributed by atoms with Crippen molar-refractivity contribution in [2.45, 2.75) is 17.5 Å². The third-order valence-electron chi connectivity index (χ3n) is 5.56. The Balaban J connectivity index is 1.72. The van der Waals surface area contributed by atoms with E-state index in [1.807, 2.05) is 60.9 Å².